The van der Waals surface area contributed by atoms with Crippen LogP contribution in [0.25, 0.3) is 0 Å². The summed E-state index contributed by atoms with van der Waals surface area (Å²) in [5.74, 6) is 0.295. The van der Waals surface area contributed by atoms with Crippen molar-refractivity contribution in [2.24, 2.45) is 5.92 Å². The molecule has 29 heavy (non-hydrogen) atoms. The van der Waals surface area contributed by atoms with Crippen molar-refractivity contribution in [3.05, 3.63) is 71.8 Å². The van der Waals surface area contributed by atoms with Crippen LogP contribution in [0.15, 0.2) is 60.7 Å². The Balaban J connectivity index is 1.71. The minimum Gasteiger partial charge on any atom is -0.385 e. The number of amides is 1. The Bertz CT molecular complexity index is 781. The second-order valence-electron chi connectivity index (χ2n) is 9.41. The molecule has 1 aliphatic carbocycles. The molecule has 2 aromatic carbocycles. The molecule has 156 valence electrons. The molecule has 0 radical (unpaired) electrons. The lowest BCUT2D eigenvalue weighted by molar-refractivity contribution is -0.138. The van der Waals surface area contributed by atoms with Crippen molar-refractivity contribution in [2.45, 2.75) is 77.0 Å². The van der Waals surface area contributed by atoms with E-state index in [2.05, 4.69) is 32.9 Å². The first-order chi connectivity index (χ1) is 13.8. The summed E-state index contributed by atoms with van der Waals surface area (Å²) in [4.78, 5) is 15.2. The van der Waals surface area contributed by atoms with Gasteiger partial charge in [-0.2, -0.15) is 0 Å². The number of hydrogen-bond donors (Lipinski definition) is 1. The van der Waals surface area contributed by atoms with Crippen LogP contribution in [0.4, 0.5) is 0 Å². The van der Waals surface area contributed by atoms with Crippen LogP contribution < -0.4 is 0 Å². The highest BCUT2D eigenvalue weighted by Crippen LogP contribution is 2.44. The molecule has 3 nitrogen and oxygen atoms in total. The van der Waals surface area contributed by atoms with Crippen LogP contribution in [0.1, 0.15) is 70.4 Å². The Hall–Kier alpha value is -2.13. The second-order valence-corrected chi connectivity index (χ2v) is 9.41. The molecule has 2 atom stereocenters. The number of nitrogens with zero attached hydrogens (tertiary/aromatic N) is 1. The van der Waals surface area contributed by atoms with Crippen LogP contribution in [0.3, 0.4) is 0 Å². The molecule has 0 aromatic heterocycles. The highest BCUT2D eigenvalue weighted by atomic mass is 16.3. The van der Waals surface area contributed by atoms with Gasteiger partial charge in [-0.3, -0.25) is 4.79 Å². The molecule has 0 aliphatic heterocycles. The second kappa shape index (κ2) is 9.13. The van der Waals surface area contributed by atoms with E-state index in [0.29, 0.717) is 13.0 Å². The Kier molecular flexibility index (Phi) is 6.79. The van der Waals surface area contributed by atoms with E-state index in [4.69, 9.17) is 0 Å². The predicted octanol–water partition coefficient (Wildman–Crippen LogP) is 5.67. The van der Waals surface area contributed by atoms with Gasteiger partial charge < -0.3 is 10.0 Å². The van der Waals surface area contributed by atoms with Gasteiger partial charge in [0.2, 0.25) is 5.91 Å². The number of carbonyl (C=O) groups excluding carboxylic acids is 1. The van der Waals surface area contributed by atoms with Gasteiger partial charge in [0.1, 0.15) is 0 Å². The first kappa shape index (κ1) is 21.6. The van der Waals surface area contributed by atoms with Gasteiger partial charge in [-0.15, -0.1) is 0 Å². The summed E-state index contributed by atoms with van der Waals surface area (Å²) in [5, 5.41) is 11.5. The average molecular weight is 394 g/mol. The molecule has 1 saturated carbocycles. The minimum absolute atomic E-state index is 0.126. The molecule has 0 heterocycles. The van der Waals surface area contributed by atoms with Gasteiger partial charge in [0.25, 0.3) is 0 Å². The lowest BCUT2D eigenvalue weighted by Gasteiger charge is -2.41. The molecule has 3 heteroatoms. The van der Waals surface area contributed by atoms with Gasteiger partial charge in [-0.25, -0.2) is 0 Å². The van der Waals surface area contributed by atoms with E-state index in [1.807, 2.05) is 53.4 Å². The van der Waals surface area contributed by atoms with E-state index in [1.165, 1.54) is 0 Å². The maximum absolute atomic E-state index is 13.2. The Morgan fingerprint density at radius 1 is 1.03 bits per heavy atom. The molecule has 2 aromatic rings. The smallest absolute Gasteiger partial charge is 0.223 e. The lowest BCUT2D eigenvalue weighted by atomic mass is 9.69. The molecule has 0 unspecified atom stereocenters. The van der Waals surface area contributed by atoms with Crippen molar-refractivity contribution in [3.63, 3.8) is 0 Å². The van der Waals surface area contributed by atoms with Crippen molar-refractivity contribution < 1.29 is 9.90 Å². The summed E-state index contributed by atoms with van der Waals surface area (Å²) in [5.41, 5.74) is 1.09. The summed E-state index contributed by atoms with van der Waals surface area (Å²) in [6.45, 7) is 6.90. The molecule has 3 rings (SSSR count). The summed E-state index contributed by atoms with van der Waals surface area (Å²) < 4.78 is 0. The number of hydrogen-bond acceptors (Lipinski definition) is 2. The van der Waals surface area contributed by atoms with Crippen LogP contribution >= 0.6 is 0 Å². The molecule has 1 amide bonds. The van der Waals surface area contributed by atoms with Crippen molar-refractivity contribution in [1.29, 1.82) is 0 Å². The van der Waals surface area contributed by atoms with Crippen molar-refractivity contribution in [3.8, 4) is 0 Å². The maximum Gasteiger partial charge on any atom is 0.223 e. The fourth-order valence-electron chi connectivity index (χ4n) is 4.62. The van der Waals surface area contributed by atoms with Crippen LogP contribution in [-0.4, -0.2) is 21.5 Å². The van der Waals surface area contributed by atoms with Gasteiger partial charge in [0, 0.05) is 18.5 Å². The van der Waals surface area contributed by atoms with Gasteiger partial charge >= 0.3 is 0 Å². The SMILES string of the molecule is CC(C)(C)N(Cc1ccccc1)C(=O)CC[C@H]1CCCC[C@@]1(O)c1ccccc1. The number of aliphatic hydroxyl groups is 1. The highest BCUT2D eigenvalue weighted by Gasteiger charge is 2.40. The Labute approximate surface area is 175 Å². The van der Waals surface area contributed by atoms with Gasteiger partial charge in [0.15, 0.2) is 0 Å². The van der Waals surface area contributed by atoms with E-state index < -0.39 is 5.60 Å². The first-order valence-corrected chi connectivity index (χ1v) is 10.9. The average Bonchev–Trinajstić information content (AvgIpc) is 2.72. The van der Waals surface area contributed by atoms with E-state index >= 15 is 0 Å². The Morgan fingerprint density at radius 3 is 2.28 bits per heavy atom. The molecule has 0 saturated heterocycles. The molecular formula is C26H35NO2. The van der Waals surface area contributed by atoms with Crippen molar-refractivity contribution >= 4 is 5.91 Å². The molecule has 0 spiro atoms. The van der Waals surface area contributed by atoms with Crippen LogP contribution in [0, 0.1) is 5.92 Å². The van der Waals surface area contributed by atoms with Gasteiger partial charge in [0.05, 0.1) is 5.60 Å². The van der Waals surface area contributed by atoms with Gasteiger partial charge in [-0.1, -0.05) is 73.5 Å². The molecule has 0 bridgehead atoms. The fourth-order valence-corrected chi connectivity index (χ4v) is 4.62. The third-order valence-corrected chi connectivity index (χ3v) is 6.31. The van der Waals surface area contributed by atoms with Crippen molar-refractivity contribution in [1.82, 2.24) is 4.90 Å². The fraction of sp³-hybridized carbons (Fsp3) is 0.500. The zero-order valence-electron chi connectivity index (χ0n) is 18.1. The van der Waals surface area contributed by atoms with Crippen LogP contribution in [-0.2, 0) is 16.9 Å². The van der Waals surface area contributed by atoms with E-state index in [0.717, 1.165) is 43.2 Å². The molecule has 1 N–H and O–H groups in total. The number of carbonyl (C=O) groups is 1. The monoisotopic (exact) mass is 393 g/mol. The summed E-state index contributed by atoms with van der Waals surface area (Å²) in [7, 11) is 0. The first-order valence-electron chi connectivity index (χ1n) is 10.9. The molecule has 1 fully saturated rings. The van der Waals surface area contributed by atoms with Crippen LogP contribution in [0.2, 0.25) is 0 Å². The Morgan fingerprint density at radius 2 is 1.66 bits per heavy atom. The minimum atomic E-state index is -0.814. The maximum atomic E-state index is 13.2. The van der Waals surface area contributed by atoms with E-state index in [1.54, 1.807) is 0 Å². The third kappa shape index (κ3) is 5.27. The largest absolute Gasteiger partial charge is 0.385 e. The topological polar surface area (TPSA) is 40.5 Å². The normalized spacial score (nSPS) is 22.3. The number of rotatable bonds is 6. The lowest BCUT2D eigenvalue weighted by Crippen LogP contribution is -2.45. The molecule has 1 aliphatic rings. The zero-order valence-corrected chi connectivity index (χ0v) is 18.1. The van der Waals surface area contributed by atoms with E-state index in [9.17, 15) is 9.90 Å². The van der Waals surface area contributed by atoms with Crippen LogP contribution in [0.5, 0.6) is 0 Å². The summed E-state index contributed by atoms with van der Waals surface area (Å²) >= 11 is 0. The zero-order chi connectivity index (χ0) is 20.9. The molecular weight excluding hydrogens is 358 g/mol. The number of benzene rings is 2. The standard InChI is InChI=1S/C26H35NO2/c1-25(2,3)27(20-21-12-6-4-7-13-21)24(28)18-17-23-16-10-11-19-26(23,29)22-14-8-5-9-15-22/h4-9,12-15,23,29H,10-11,16-20H2,1-3H3/t23-,26-/m1/s1. The summed E-state index contributed by atoms with van der Waals surface area (Å²) in [6.07, 6.45) is 5.13. The van der Waals surface area contributed by atoms with Gasteiger partial charge in [-0.05, 0) is 57.1 Å². The summed E-state index contributed by atoms with van der Waals surface area (Å²) in [6, 6.07) is 20.2. The highest BCUT2D eigenvalue weighted by molar-refractivity contribution is 5.77. The third-order valence-electron chi connectivity index (χ3n) is 6.31. The van der Waals surface area contributed by atoms with E-state index in [-0.39, 0.29) is 17.4 Å². The van der Waals surface area contributed by atoms with Crippen molar-refractivity contribution in [2.75, 3.05) is 0 Å². The predicted molar refractivity (Wildman–Crippen MR) is 118 cm³/mol. The quantitative estimate of drug-likeness (QED) is 0.687.